The number of hydrogen-bond donors (Lipinski definition) is 3. The number of aliphatic hydroxyl groups is 1. The fourth-order valence-corrected chi connectivity index (χ4v) is 1.62. The van der Waals surface area contributed by atoms with Crippen molar-refractivity contribution in [3.8, 4) is 0 Å². The van der Waals surface area contributed by atoms with Crippen LogP contribution in [0, 0.1) is 0 Å². The molecule has 0 unspecified atom stereocenters. The molecule has 118 valence electrons. The van der Waals surface area contributed by atoms with Crippen LogP contribution in [0.4, 0.5) is 10.5 Å². The van der Waals surface area contributed by atoms with Crippen LogP contribution in [-0.4, -0.2) is 28.9 Å². The normalized spacial score (nSPS) is 11.9. The highest BCUT2D eigenvalue weighted by Gasteiger charge is 2.16. The molecule has 1 amide bonds. The van der Waals surface area contributed by atoms with Gasteiger partial charge < -0.3 is 20.5 Å². The molecule has 5 heteroatoms. The van der Waals surface area contributed by atoms with Crippen molar-refractivity contribution in [3.05, 3.63) is 29.8 Å². The molecule has 0 fully saturated rings. The molecule has 1 aromatic rings. The number of nitrogens with one attached hydrogen (secondary N) is 2. The summed E-state index contributed by atoms with van der Waals surface area (Å²) in [4.78, 5) is 11.6. The summed E-state index contributed by atoms with van der Waals surface area (Å²) in [6.45, 7) is 9.80. The number of ether oxygens (including phenoxy) is 1. The van der Waals surface area contributed by atoms with E-state index in [1.165, 1.54) is 0 Å². The molecule has 21 heavy (non-hydrogen) atoms. The topological polar surface area (TPSA) is 70.6 Å². The van der Waals surface area contributed by atoms with Gasteiger partial charge in [0.25, 0.3) is 0 Å². The van der Waals surface area contributed by atoms with Crippen molar-refractivity contribution in [1.29, 1.82) is 0 Å². The molecule has 0 atom stereocenters. The predicted octanol–water partition coefficient (Wildman–Crippen LogP) is 2.89. The Morgan fingerprint density at radius 1 is 1.14 bits per heavy atom. The van der Waals surface area contributed by atoms with E-state index in [-0.39, 0.29) is 12.1 Å². The van der Waals surface area contributed by atoms with E-state index < -0.39 is 11.7 Å². The standard InChI is InChI=1S/C16H26N2O3/c1-15(2,3)21-14(20)17-10-12-6-8-13(9-7-12)18-16(4,5)11-19/h6-9,18-19H,10-11H2,1-5H3,(H,17,20). The highest BCUT2D eigenvalue weighted by molar-refractivity contribution is 5.67. The van der Waals surface area contributed by atoms with Gasteiger partial charge in [-0.3, -0.25) is 0 Å². The van der Waals surface area contributed by atoms with Gasteiger partial charge in [0.1, 0.15) is 5.60 Å². The maximum atomic E-state index is 11.6. The SMILES string of the molecule is CC(C)(CO)Nc1ccc(CNC(=O)OC(C)(C)C)cc1. The van der Waals surface area contributed by atoms with Gasteiger partial charge in [0, 0.05) is 12.2 Å². The summed E-state index contributed by atoms with van der Waals surface area (Å²) in [6, 6.07) is 7.69. The van der Waals surface area contributed by atoms with Crippen molar-refractivity contribution in [2.45, 2.75) is 52.3 Å². The first-order valence-electron chi connectivity index (χ1n) is 7.06. The first-order valence-corrected chi connectivity index (χ1v) is 7.06. The van der Waals surface area contributed by atoms with Gasteiger partial charge in [0.05, 0.1) is 12.1 Å². The molecule has 0 saturated carbocycles. The van der Waals surface area contributed by atoms with Crippen LogP contribution in [0.25, 0.3) is 0 Å². The van der Waals surface area contributed by atoms with Crippen molar-refractivity contribution < 1.29 is 14.6 Å². The first-order chi connectivity index (χ1) is 9.61. The molecule has 0 saturated heterocycles. The molecule has 5 nitrogen and oxygen atoms in total. The highest BCUT2D eigenvalue weighted by Crippen LogP contribution is 2.15. The predicted molar refractivity (Wildman–Crippen MR) is 84.3 cm³/mol. The smallest absolute Gasteiger partial charge is 0.407 e. The number of anilines is 1. The average molecular weight is 294 g/mol. The van der Waals surface area contributed by atoms with E-state index in [1.54, 1.807) is 0 Å². The lowest BCUT2D eigenvalue weighted by molar-refractivity contribution is 0.0523. The van der Waals surface area contributed by atoms with Crippen LogP contribution in [0.5, 0.6) is 0 Å². The fourth-order valence-electron chi connectivity index (χ4n) is 1.62. The van der Waals surface area contributed by atoms with Gasteiger partial charge in [-0.15, -0.1) is 0 Å². The molecule has 0 radical (unpaired) electrons. The Labute approximate surface area is 126 Å². The maximum absolute atomic E-state index is 11.6. The molecule has 1 aromatic carbocycles. The van der Waals surface area contributed by atoms with E-state index >= 15 is 0 Å². The van der Waals surface area contributed by atoms with Crippen molar-refractivity contribution in [2.24, 2.45) is 0 Å². The number of hydrogen-bond acceptors (Lipinski definition) is 4. The zero-order valence-electron chi connectivity index (χ0n) is 13.5. The van der Waals surface area contributed by atoms with Crippen molar-refractivity contribution in [3.63, 3.8) is 0 Å². The molecule has 0 spiro atoms. The number of aliphatic hydroxyl groups excluding tert-OH is 1. The summed E-state index contributed by atoms with van der Waals surface area (Å²) >= 11 is 0. The number of carbonyl (C=O) groups is 1. The van der Waals surface area contributed by atoms with E-state index in [2.05, 4.69) is 10.6 Å². The lowest BCUT2D eigenvalue weighted by Crippen LogP contribution is -2.34. The van der Waals surface area contributed by atoms with Crippen LogP contribution in [-0.2, 0) is 11.3 Å². The lowest BCUT2D eigenvalue weighted by Gasteiger charge is -2.25. The number of carbonyl (C=O) groups excluding carboxylic acids is 1. The van der Waals surface area contributed by atoms with Gasteiger partial charge in [-0.2, -0.15) is 0 Å². The lowest BCUT2D eigenvalue weighted by atomic mass is 10.1. The van der Waals surface area contributed by atoms with E-state index in [4.69, 9.17) is 4.74 Å². The van der Waals surface area contributed by atoms with Gasteiger partial charge in [-0.25, -0.2) is 4.79 Å². The molecule has 0 heterocycles. The molecule has 0 aliphatic carbocycles. The summed E-state index contributed by atoms with van der Waals surface area (Å²) < 4.78 is 5.17. The maximum Gasteiger partial charge on any atom is 0.407 e. The van der Waals surface area contributed by atoms with E-state index in [0.717, 1.165) is 11.3 Å². The number of benzene rings is 1. The minimum atomic E-state index is -0.492. The van der Waals surface area contributed by atoms with Crippen LogP contribution in [0.15, 0.2) is 24.3 Å². The van der Waals surface area contributed by atoms with Crippen LogP contribution in [0.1, 0.15) is 40.2 Å². The Bertz CT molecular complexity index is 461. The molecule has 0 aliphatic heterocycles. The third-order valence-corrected chi connectivity index (χ3v) is 2.67. The Morgan fingerprint density at radius 2 is 1.71 bits per heavy atom. The zero-order valence-corrected chi connectivity index (χ0v) is 13.5. The minimum Gasteiger partial charge on any atom is -0.444 e. The van der Waals surface area contributed by atoms with Crippen LogP contribution in [0.3, 0.4) is 0 Å². The van der Waals surface area contributed by atoms with Crippen molar-refractivity contribution in [2.75, 3.05) is 11.9 Å². The second-order valence-corrected chi connectivity index (χ2v) is 6.72. The van der Waals surface area contributed by atoms with Gasteiger partial charge >= 0.3 is 6.09 Å². The first kappa shape index (κ1) is 17.3. The van der Waals surface area contributed by atoms with Crippen LogP contribution < -0.4 is 10.6 Å². The number of alkyl carbamates (subject to hydrolysis) is 1. The zero-order chi connectivity index (χ0) is 16.1. The molecule has 0 aliphatic rings. The van der Waals surface area contributed by atoms with E-state index in [9.17, 15) is 9.90 Å². The van der Waals surface area contributed by atoms with Crippen molar-refractivity contribution >= 4 is 11.8 Å². The summed E-state index contributed by atoms with van der Waals surface area (Å²) in [5, 5.41) is 15.2. The summed E-state index contributed by atoms with van der Waals surface area (Å²) in [5.41, 5.74) is 1.05. The van der Waals surface area contributed by atoms with Gasteiger partial charge in [0.15, 0.2) is 0 Å². The van der Waals surface area contributed by atoms with Crippen LogP contribution >= 0.6 is 0 Å². The minimum absolute atomic E-state index is 0.0505. The summed E-state index contributed by atoms with van der Waals surface area (Å²) in [5.74, 6) is 0. The molecule has 0 bridgehead atoms. The third kappa shape index (κ3) is 6.99. The summed E-state index contributed by atoms with van der Waals surface area (Å²) in [7, 11) is 0. The van der Waals surface area contributed by atoms with Gasteiger partial charge in [-0.1, -0.05) is 12.1 Å². The Balaban J connectivity index is 2.50. The number of amides is 1. The number of rotatable bonds is 5. The summed E-state index contributed by atoms with van der Waals surface area (Å²) in [6.07, 6.45) is -0.425. The van der Waals surface area contributed by atoms with Gasteiger partial charge in [-0.05, 0) is 52.3 Å². The monoisotopic (exact) mass is 294 g/mol. The molecular weight excluding hydrogens is 268 g/mol. The molecule has 1 rings (SSSR count). The Hall–Kier alpha value is -1.75. The van der Waals surface area contributed by atoms with E-state index in [1.807, 2.05) is 58.9 Å². The average Bonchev–Trinajstić information content (AvgIpc) is 2.35. The second kappa shape index (κ2) is 6.80. The molecule has 0 aromatic heterocycles. The molecule has 3 N–H and O–H groups in total. The Morgan fingerprint density at radius 3 is 2.19 bits per heavy atom. The second-order valence-electron chi connectivity index (χ2n) is 6.72. The molecular formula is C16H26N2O3. The van der Waals surface area contributed by atoms with Crippen molar-refractivity contribution in [1.82, 2.24) is 5.32 Å². The van der Waals surface area contributed by atoms with E-state index in [0.29, 0.717) is 6.54 Å². The third-order valence-electron chi connectivity index (χ3n) is 2.67. The van der Waals surface area contributed by atoms with Crippen LogP contribution in [0.2, 0.25) is 0 Å². The largest absolute Gasteiger partial charge is 0.444 e. The Kier molecular flexibility index (Phi) is 5.61. The highest BCUT2D eigenvalue weighted by atomic mass is 16.6. The fraction of sp³-hybridized carbons (Fsp3) is 0.562. The quantitative estimate of drug-likeness (QED) is 0.781. The van der Waals surface area contributed by atoms with Gasteiger partial charge in [0.2, 0.25) is 0 Å².